The highest BCUT2D eigenvalue weighted by atomic mass is 16.5. The number of amides is 2. The number of para-hydroxylation sites is 2. The maximum absolute atomic E-state index is 12.9. The fraction of sp³-hybridized carbons (Fsp3) is 0.231. The molecule has 160 valence electrons. The Morgan fingerprint density at radius 2 is 1.42 bits per heavy atom. The third-order valence-electron chi connectivity index (χ3n) is 5.15. The summed E-state index contributed by atoms with van der Waals surface area (Å²) in [7, 11) is 0. The van der Waals surface area contributed by atoms with Gasteiger partial charge in [0.25, 0.3) is 11.8 Å². The second-order valence-electron chi connectivity index (χ2n) is 7.62. The van der Waals surface area contributed by atoms with Crippen molar-refractivity contribution in [3.05, 3.63) is 95.1 Å². The number of carbonyl (C=O) groups excluding carboxylic acids is 2. The zero-order chi connectivity index (χ0) is 22.4. The normalized spacial score (nSPS) is 12.5. The lowest BCUT2D eigenvalue weighted by Crippen LogP contribution is -2.32. The van der Waals surface area contributed by atoms with Gasteiger partial charge in [-0.3, -0.25) is 9.59 Å². The molecular weight excluding hydrogens is 388 g/mol. The predicted molar refractivity (Wildman–Crippen MR) is 123 cm³/mol. The van der Waals surface area contributed by atoms with Gasteiger partial charge in [-0.1, -0.05) is 60.7 Å². The Labute approximate surface area is 183 Å². The standard InChI is InChI=1S/C26H28N2O3/c1-17-11-10-12-18(2)24(17)31-20(4)25(29)28-23-16-9-8-15-22(23)26(30)27-19(3)21-13-6-5-7-14-21/h5-16,19-20H,1-4H3,(H,27,30)(H,28,29)/t19-,20+/m1/s1. The maximum atomic E-state index is 12.9. The van der Waals surface area contributed by atoms with Gasteiger partial charge in [-0.25, -0.2) is 0 Å². The van der Waals surface area contributed by atoms with Crippen molar-refractivity contribution >= 4 is 17.5 Å². The van der Waals surface area contributed by atoms with Crippen molar-refractivity contribution in [2.45, 2.75) is 39.8 Å². The second kappa shape index (κ2) is 9.94. The average Bonchev–Trinajstić information content (AvgIpc) is 2.77. The number of aryl methyl sites for hydroxylation is 2. The second-order valence-corrected chi connectivity index (χ2v) is 7.62. The van der Waals surface area contributed by atoms with Crippen molar-refractivity contribution in [3.63, 3.8) is 0 Å². The van der Waals surface area contributed by atoms with E-state index in [1.165, 1.54) is 0 Å². The fourth-order valence-electron chi connectivity index (χ4n) is 3.34. The van der Waals surface area contributed by atoms with Gasteiger partial charge in [0.05, 0.1) is 17.3 Å². The monoisotopic (exact) mass is 416 g/mol. The fourth-order valence-corrected chi connectivity index (χ4v) is 3.34. The van der Waals surface area contributed by atoms with E-state index in [1.807, 2.05) is 69.3 Å². The van der Waals surface area contributed by atoms with Crippen molar-refractivity contribution in [1.29, 1.82) is 0 Å². The van der Waals surface area contributed by atoms with Crippen molar-refractivity contribution in [1.82, 2.24) is 5.32 Å². The van der Waals surface area contributed by atoms with E-state index in [0.717, 1.165) is 16.7 Å². The van der Waals surface area contributed by atoms with Crippen molar-refractivity contribution < 1.29 is 14.3 Å². The minimum atomic E-state index is -0.723. The van der Waals surface area contributed by atoms with E-state index in [9.17, 15) is 9.59 Å². The van der Waals surface area contributed by atoms with Crippen LogP contribution in [0.5, 0.6) is 5.75 Å². The molecule has 0 spiro atoms. The first kappa shape index (κ1) is 22.1. The van der Waals surface area contributed by atoms with Crippen molar-refractivity contribution in [3.8, 4) is 5.75 Å². The summed E-state index contributed by atoms with van der Waals surface area (Å²) in [5, 5.41) is 5.83. The summed E-state index contributed by atoms with van der Waals surface area (Å²) in [6.07, 6.45) is -0.723. The van der Waals surface area contributed by atoms with Crippen LogP contribution in [0.1, 0.15) is 46.9 Å². The van der Waals surface area contributed by atoms with E-state index in [1.54, 1.807) is 31.2 Å². The smallest absolute Gasteiger partial charge is 0.265 e. The molecule has 5 heteroatoms. The molecular formula is C26H28N2O3. The SMILES string of the molecule is Cc1cccc(C)c1O[C@@H](C)C(=O)Nc1ccccc1C(=O)N[C@H](C)c1ccccc1. The molecule has 3 aromatic carbocycles. The molecule has 0 heterocycles. The maximum Gasteiger partial charge on any atom is 0.265 e. The predicted octanol–water partition coefficient (Wildman–Crippen LogP) is 5.20. The quantitative estimate of drug-likeness (QED) is 0.556. The molecule has 0 saturated carbocycles. The lowest BCUT2D eigenvalue weighted by atomic mass is 10.1. The molecule has 0 fully saturated rings. The number of hydrogen-bond acceptors (Lipinski definition) is 3. The number of carbonyl (C=O) groups is 2. The van der Waals surface area contributed by atoms with E-state index in [4.69, 9.17) is 4.74 Å². The van der Waals surface area contributed by atoms with E-state index in [0.29, 0.717) is 17.0 Å². The third-order valence-corrected chi connectivity index (χ3v) is 5.15. The van der Waals surface area contributed by atoms with Crippen molar-refractivity contribution in [2.24, 2.45) is 0 Å². The Kier molecular flexibility index (Phi) is 7.08. The van der Waals surface area contributed by atoms with E-state index in [2.05, 4.69) is 10.6 Å². The molecule has 0 aromatic heterocycles. The lowest BCUT2D eigenvalue weighted by Gasteiger charge is -2.19. The van der Waals surface area contributed by atoms with Gasteiger partial charge < -0.3 is 15.4 Å². The zero-order valence-corrected chi connectivity index (χ0v) is 18.3. The van der Waals surface area contributed by atoms with Crippen LogP contribution in [0.15, 0.2) is 72.8 Å². The van der Waals surface area contributed by atoms with Gasteiger partial charge in [-0.15, -0.1) is 0 Å². The molecule has 0 aliphatic heterocycles. The molecule has 31 heavy (non-hydrogen) atoms. The van der Waals surface area contributed by atoms with Gasteiger partial charge in [0, 0.05) is 0 Å². The highest BCUT2D eigenvalue weighted by Crippen LogP contribution is 2.24. The van der Waals surface area contributed by atoms with Gasteiger partial charge >= 0.3 is 0 Å². The Morgan fingerprint density at radius 1 is 0.806 bits per heavy atom. The number of benzene rings is 3. The molecule has 0 bridgehead atoms. The third kappa shape index (κ3) is 5.51. The van der Waals surface area contributed by atoms with Gasteiger partial charge in [0.1, 0.15) is 5.75 Å². The number of hydrogen-bond donors (Lipinski definition) is 2. The Morgan fingerprint density at radius 3 is 2.10 bits per heavy atom. The van der Waals surface area contributed by atoms with Crippen LogP contribution in [0.25, 0.3) is 0 Å². The topological polar surface area (TPSA) is 67.4 Å². The average molecular weight is 417 g/mol. The summed E-state index contributed by atoms with van der Waals surface area (Å²) < 4.78 is 5.92. The first-order valence-corrected chi connectivity index (χ1v) is 10.4. The zero-order valence-electron chi connectivity index (χ0n) is 18.3. The molecule has 3 aromatic rings. The molecule has 5 nitrogen and oxygen atoms in total. The minimum absolute atomic E-state index is 0.163. The van der Waals surface area contributed by atoms with Crippen LogP contribution >= 0.6 is 0 Å². The Balaban J connectivity index is 1.71. The van der Waals surface area contributed by atoms with Crippen LogP contribution < -0.4 is 15.4 Å². The number of ether oxygens (including phenoxy) is 1. The van der Waals surface area contributed by atoms with Crippen LogP contribution in [0.3, 0.4) is 0 Å². The van der Waals surface area contributed by atoms with Gasteiger partial charge in [0.15, 0.2) is 6.10 Å². The van der Waals surface area contributed by atoms with Gasteiger partial charge in [0.2, 0.25) is 0 Å². The number of rotatable bonds is 7. The van der Waals surface area contributed by atoms with Crippen LogP contribution in [0.4, 0.5) is 5.69 Å². The van der Waals surface area contributed by atoms with Gasteiger partial charge in [-0.2, -0.15) is 0 Å². The molecule has 2 N–H and O–H groups in total. The molecule has 0 unspecified atom stereocenters. The Bertz CT molecular complexity index is 1040. The van der Waals surface area contributed by atoms with E-state index in [-0.39, 0.29) is 17.9 Å². The molecule has 0 aliphatic rings. The van der Waals surface area contributed by atoms with E-state index >= 15 is 0 Å². The lowest BCUT2D eigenvalue weighted by molar-refractivity contribution is -0.122. The first-order chi connectivity index (χ1) is 14.9. The summed E-state index contributed by atoms with van der Waals surface area (Å²) in [6.45, 7) is 7.51. The molecule has 3 rings (SSSR count). The summed E-state index contributed by atoms with van der Waals surface area (Å²) in [5.41, 5.74) is 3.79. The van der Waals surface area contributed by atoms with Crippen molar-refractivity contribution in [2.75, 3.05) is 5.32 Å². The minimum Gasteiger partial charge on any atom is -0.480 e. The highest BCUT2D eigenvalue weighted by molar-refractivity contribution is 6.04. The highest BCUT2D eigenvalue weighted by Gasteiger charge is 2.20. The van der Waals surface area contributed by atoms with Crippen LogP contribution in [0.2, 0.25) is 0 Å². The summed E-state index contributed by atoms with van der Waals surface area (Å²) in [5.74, 6) is 0.127. The Hall–Kier alpha value is -3.60. The summed E-state index contributed by atoms with van der Waals surface area (Å²) in [6, 6.07) is 22.4. The van der Waals surface area contributed by atoms with E-state index < -0.39 is 6.10 Å². The van der Waals surface area contributed by atoms with Gasteiger partial charge in [-0.05, 0) is 56.5 Å². The molecule has 2 amide bonds. The summed E-state index contributed by atoms with van der Waals surface area (Å²) in [4.78, 5) is 25.7. The van der Waals surface area contributed by atoms with Crippen LogP contribution in [-0.2, 0) is 4.79 Å². The molecule has 0 saturated heterocycles. The first-order valence-electron chi connectivity index (χ1n) is 10.4. The van der Waals surface area contributed by atoms with Crippen LogP contribution in [0, 0.1) is 13.8 Å². The largest absolute Gasteiger partial charge is 0.480 e. The van der Waals surface area contributed by atoms with Crippen LogP contribution in [-0.4, -0.2) is 17.9 Å². The molecule has 2 atom stereocenters. The number of nitrogens with one attached hydrogen (secondary N) is 2. The summed E-state index contributed by atoms with van der Waals surface area (Å²) >= 11 is 0. The number of anilines is 1. The molecule has 0 aliphatic carbocycles. The molecule has 0 radical (unpaired) electrons.